The fraction of sp³-hybridized carbons (Fsp3) is 0.667. The Morgan fingerprint density at radius 1 is 0.289 bits per heavy atom. The Balaban J connectivity index is 4.44. The van der Waals surface area contributed by atoms with Gasteiger partial charge in [-0.25, -0.2) is 0 Å². The summed E-state index contributed by atoms with van der Waals surface area (Å²) in [5.74, 6) is 0. The van der Waals surface area contributed by atoms with Crippen molar-refractivity contribution >= 4 is 313 Å². The van der Waals surface area contributed by atoms with Gasteiger partial charge in [0, 0.05) is 0 Å². The van der Waals surface area contributed by atoms with E-state index in [2.05, 4.69) is 6.07 Å². The molecule has 0 aromatic heterocycles. The largest absolute Gasteiger partial charge is 0.226 e. The molecule has 27 heteroatoms. The van der Waals surface area contributed by atoms with Gasteiger partial charge in [-0.3, -0.25) is 0 Å². The van der Waals surface area contributed by atoms with Crippen molar-refractivity contribution in [2.24, 2.45) is 0 Å². The lowest BCUT2D eigenvalue weighted by atomic mass is 9.93. The Kier molecular flexibility index (Phi) is 17.2. The van der Waals surface area contributed by atoms with Gasteiger partial charge in [0.2, 0.25) is 24.4 Å². The van der Waals surface area contributed by atoms with Gasteiger partial charge in [0.15, 0.2) is 26.0 Å². The molecule has 0 atom stereocenters. The molecule has 1 rings (SSSR count). The third-order valence-electron chi connectivity index (χ3n) is 5.34. The van der Waals surface area contributed by atoms with Crippen molar-refractivity contribution in [2.45, 2.75) is 50.4 Å². The van der Waals surface area contributed by atoms with E-state index in [1.807, 2.05) is 0 Å². The van der Waals surface area contributed by atoms with Crippen LogP contribution in [0.1, 0.15) is 16.7 Å². The molecule has 0 nitrogen and oxygen atoms in total. The zero-order chi connectivity index (χ0) is 36.9. The van der Waals surface area contributed by atoms with Crippen LogP contribution in [-0.4, -0.2) is 37.4 Å². The lowest BCUT2D eigenvalue weighted by Gasteiger charge is -2.47. The topological polar surface area (TPSA) is 0 Å². The molecule has 263 valence electrons. The number of alkyl halides is 27. The van der Waals surface area contributed by atoms with Crippen LogP contribution in [0.5, 0.6) is 0 Å². The molecule has 0 heterocycles. The van der Waals surface area contributed by atoms with E-state index in [0.717, 1.165) is 12.1 Å². The molecule has 0 amide bonds. The lowest BCUT2D eigenvalue weighted by Crippen LogP contribution is -2.56. The van der Waals surface area contributed by atoms with Gasteiger partial charge in [-0.2, -0.15) is 0 Å². The van der Waals surface area contributed by atoms with E-state index in [0.29, 0.717) is 0 Å². The van der Waals surface area contributed by atoms with Gasteiger partial charge in [0.1, 0.15) is 0 Å². The standard InChI is InChI=1S/C18H2Cl27/c19-7(20,10(25,26)13(31,32)16(37,38)39)4-1-5(8(21,22)11(27,28)14(33,34)17(40,41)42)3-6(2-4)9(23,24)12(29,30)15(35,36)18(43,44)45/h1-2H. The Morgan fingerprint density at radius 2 is 0.489 bits per heavy atom. The molecule has 0 bridgehead atoms. The molecule has 0 spiro atoms. The average Bonchev–Trinajstić information content (AvgIpc) is 2.80. The van der Waals surface area contributed by atoms with Crippen LogP contribution >= 0.6 is 313 Å². The SMILES string of the molecule is ClC(Cl)(Cl)C(Cl)(Cl)C(Cl)(Cl)C(Cl)(Cl)c1[c]c(C(Cl)(Cl)C(Cl)(Cl)C(Cl)(Cl)C(Cl)(Cl)Cl)cc(C(Cl)(Cl)C(Cl)(Cl)C(Cl)(Cl)C(Cl)(Cl)Cl)c1. The van der Waals surface area contributed by atoms with E-state index >= 15 is 0 Å². The summed E-state index contributed by atoms with van der Waals surface area (Å²) in [5.41, 5.74) is -1.91. The first-order chi connectivity index (χ1) is 19.1. The van der Waals surface area contributed by atoms with Gasteiger partial charge in [0.25, 0.3) is 0 Å². The van der Waals surface area contributed by atoms with Gasteiger partial charge in [0.05, 0.1) is 0 Å². The predicted molar refractivity (Wildman–Crippen MR) is 213 cm³/mol. The number of hydrogen-bond donors (Lipinski definition) is 0. The molecule has 45 heavy (non-hydrogen) atoms. The summed E-state index contributed by atoms with van der Waals surface area (Å²) in [5, 5.41) is 0. The zero-order valence-corrected chi connectivity index (χ0v) is 39.8. The minimum atomic E-state index is -2.94. The molecule has 0 aliphatic rings. The van der Waals surface area contributed by atoms with Gasteiger partial charge in [-0.15, -0.1) is 0 Å². The van der Waals surface area contributed by atoms with Crippen molar-refractivity contribution in [1.29, 1.82) is 0 Å². The van der Waals surface area contributed by atoms with Crippen LogP contribution < -0.4 is 0 Å². The predicted octanol–water partition coefficient (Wildman–Crippen LogP) is 17.5. The molecule has 1 radical (unpaired) electrons. The second-order valence-corrected chi connectivity index (χ2v) is 27.1. The summed E-state index contributed by atoms with van der Waals surface area (Å²) >= 11 is 169. The quantitative estimate of drug-likeness (QED) is 0.216. The second kappa shape index (κ2) is 15.4. The van der Waals surface area contributed by atoms with Gasteiger partial charge in [-0.1, -0.05) is 313 Å². The van der Waals surface area contributed by atoms with Crippen LogP contribution in [0.4, 0.5) is 0 Å². The molecular weight excluding hydrogens is 1170 g/mol. The maximum atomic E-state index is 6.65. The molecule has 0 aliphatic carbocycles. The first-order valence-electron chi connectivity index (χ1n) is 9.76. The Labute approximate surface area is 392 Å². The second-order valence-electron chi connectivity index (χ2n) is 8.36. The Hall–Kier alpha value is 7.05. The first kappa shape index (κ1) is 50.1. The third kappa shape index (κ3) is 8.81. The molecule has 0 saturated heterocycles. The number of rotatable bonds is 9. The summed E-state index contributed by atoms with van der Waals surface area (Å²) in [6, 6.07) is 4.24. The van der Waals surface area contributed by atoms with Crippen molar-refractivity contribution in [3.8, 4) is 0 Å². The Bertz CT molecular complexity index is 1070. The fourth-order valence-corrected chi connectivity index (χ4v) is 9.26. The highest BCUT2D eigenvalue weighted by molar-refractivity contribution is 6.82. The molecular formula is C18H2Cl27. The first-order valence-corrected chi connectivity index (χ1v) is 20.0. The van der Waals surface area contributed by atoms with Crippen molar-refractivity contribution in [3.05, 3.63) is 34.9 Å². The number of benzene rings is 1. The normalized spacial score (nSPS) is 16.3. The Morgan fingerprint density at radius 3 is 0.689 bits per heavy atom. The highest BCUT2D eigenvalue weighted by Gasteiger charge is 2.72. The third-order valence-corrected chi connectivity index (χ3v) is 21.7. The maximum absolute atomic E-state index is 6.65. The van der Waals surface area contributed by atoms with E-state index in [1.165, 1.54) is 0 Å². The summed E-state index contributed by atoms with van der Waals surface area (Å²) in [6.07, 6.45) is 0. The van der Waals surface area contributed by atoms with Crippen molar-refractivity contribution in [3.63, 3.8) is 0 Å². The van der Waals surface area contributed by atoms with E-state index in [-0.39, 0.29) is 0 Å². The van der Waals surface area contributed by atoms with Gasteiger partial charge >= 0.3 is 0 Å². The smallest absolute Gasteiger partial charge is 0.0943 e. The molecule has 1 aromatic rings. The highest BCUT2D eigenvalue weighted by Crippen LogP contribution is 2.70. The van der Waals surface area contributed by atoms with Crippen molar-refractivity contribution in [2.75, 3.05) is 0 Å². The lowest BCUT2D eigenvalue weighted by molar-refractivity contribution is 0.578. The molecule has 0 N–H and O–H groups in total. The van der Waals surface area contributed by atoms with Crippen molar-refractivity contribution < 1.29 is 0 Å². The van der Waals surface area contributed by atoms with Gasteiger partial charge < -0.3 is 0 Å². The average molecular weight is 1180 g/mol. The van der Waals surface area contributed by atoms with Crippen LogP contribution in [0.25, 0.3) is 0 Å². The van der Waals surface area contributed by atoms with E-state index < -0.39 is 67.1 Å². The number of halogens is 27. The van der Waals surface area contributed by atoms with Crippen LogP contribution in [-0.2, 0) is 13.0 Å². The van der Waals surface area contributed by atoms with E-state index in [9.17, 15) is 0 Å². The monoisotopic (exact) mass is 1160 g/mol. The summed E-state index contributed by atoms with van der Waals surface area (Å²) in [4.78, 5) is 0. The molecule has 1 aromatic carbocycles. The van der Waals surface area contributed by atoms with Crippen molar-refractivity contribution in [1.82, 2.24) is 0 Å². The summed E-state index contributed by atoms with van der Waals surface area (Å²) < 4.78 is -34.0. The fourth-order valence-electron chi connectivity index (χ4n) is 2.73. The number of hydrogen-bond acceptors (Lipinski definition) is 0. The summed E-state index contributed by atoms with van der Waals surface area (Å²) in [7, 11) is 0. The van der Waals surface area contributed by atoms with Crippen LogP contribution in [0.3, 0.4) is 0 Å². The van der Waals surface area contributed by atoms with Gasteiger partial charge in [-0.05, 0) is 34.9 Å². The minimum Gasteiger partial charge on any atom is -0.0943 e. The highest BCUT2D eigenvalue weighted by atomic mass is 35.6. The van der Waals surface area contributed by atoms with E-state index in [1.54, 1.807) is 0 Å². The molecule has 0 fully saturated rings. The molecule has 0 aliphatic heterocycles. The molecule has 0 saturated carbocycles. The van der Waals surface area contributed by atoms with Crippen LogP contribution in [0.2, 0.25) is 0 Å². The molecule has 0 unspecified atom stereocenters. The van der Waals surface area contributed by atoms with Crippen LogP contribution in [0.15, 0.2) is 12.1 Å². The van der Waals surface area contributed by atoms with E-state index in [4.69, 9.17) is 313 Å². The zero-order valence-electron chi connectivity index (χ0n) is 19.4. The van der Waals surface area contributed by atoms with Crippen LogP contribution in [0, 0.1) is 6.07 Å². The maximum Gasteiger partial charge on any atom is 0.226 e. The minimum absolute atomic E-state index is 0.573. The summed E-state index contributed by atoms with van der Waals surface area (Å²) in [6.45, 7) is 0.